The molecule has 1 heterocycles. The molecule has 46 heavy (non-hydrogen) atoms. The third-order valence-corrected chi connectivity index (χ3v) is 8.86. The second-order valence-electron chi connectivity index (χ2n) is 11.5. The fourth-order valence-corrected chi connectivity index (χ4v) is 6.68. The highest BCUT2D eigenvalue weighted by Gasteiger charge is 2.22. The molecule has 7 heteroatoms. The minimum atomic E-state index is 0.198. The fourth-order valence-electron chi connectivity index (χ4n) is 6.68. The summed E-state index contributed by atoms with van der Waals surface area (Å²) in [5, 5.41) is 4.40. The molecule has 0 aliphatic heterocycles. The van der Waals surface area contributed by atoms with E-state index in [1.807, 2.05) is 36.4 Å². The smallest absolute Gasteiger partial charge is 0.145 e. The van der Waals surface area contributed by atoms with Crippen molar-refractivity contribution in [3.63, 3.8) is 0 Å². The first-order valence-corrected chi connectivity index (χ1v) is 15.0. The Bertz CT molecular complexity index is 2400. The summed E-state index contributed by atoms with van der Waals surface area (Å²) in [7, 11) is 31.6. The average Bonchev–Trinajstić information content (AvgIpc) is 3.48. The van der Waals surface area contributed by atoms with Crippen LogP contribution in [0.25, 0.3) is 71.9 Å². The predicted molar refractivity (Wildman–Crippen MR) is 199 cm³/mol. The van der Waals surface area contributed by atoms with E-state index in [0.29, 0.717) is 16.5 Å². The molecule has 0 N–H and O–H groups in total. The van der Waals surface area contributed by atoms with Crippen LogP contribution in [-0.4, -0.2) is 48.8 Å². The molecule has 7 aromatic carbocycles. The molecule has 0 spiro atoms. The number of benzene rings is 7. The van der Waals surface area contributed by atoms with Crippen LogP contribution in [0.1, 0.15) is 0 Å². The van der Waals surface area contributed by atoms with Crippen molar-refractivity contribution in [1.29, 1.82) is 0 Å². The SMILES string of the molecule is [B]c1c([B])c([B])c(-c2cccc(-c3c4ccccc4c(-n4c(-c5ccccc5)nc5ccccc54)c4ccccc34)c2)c([B])c1[B]. The Morgan fingerprint density at radius 3 is 1.52 bits per heavy atom. The van der Waals surface area contributed by atoms with Gasteiger partial charge in [0.25, 0.3) is 0 Å². The number of imidazole rings is 1. The van der Waals surface area contributed by atoms with Gasteiger partial charge in [-0.05, 0) is 51.2 Å². The monoisotopic (exact) mass is 572 g/mol. The first kappa shape index (κ1) is 28.3. The maximum Gasteiger partial charge on any atom is 0.145 e. The summed E-state index contributed by atoms with van der Waals surface area (Å²) in [6.07, 6.45) is 0. The van der Waals surface area contributed by atoms with E-state index in [-0.39, 0.29) is 16.4 Å². The molecule has 0 atom stereocenters. The average molecular weight is 572 g/mol. The van der Waals surface area contributed by atoms with Crippen LogP contribution in [-0.2, 0) is 0 Å². The maximum absolute atomic E-state index is 6.49. The Morgan fingerprint density at radius 1 is 0.413 bits per heavy atom. The molecule has 202 valence electrons. The Balaban J connectivity index is 1.47. The van der Waals surface area contributed by atoms with E-state index in [1.54, 1.807) is 0 Å². The number of hydrogen-bond acceptors (Lipinski definition) is 1. The summed E-state index contributed by atoms with van der Waals surface area (Å²) in [5.74, 6) is 0.885. The highest BCUT2D eigenvalue weighted by Crippen LogP contribution is 2.43. The molecule has 2 nitrogen and oxygen atoms in total. The van der Waals surface area contributed by atoms with E-state index in [1.165, 1.54) is 0 Å². The summed E-state index contributed by atoms with van der Waals surface area (Å²) >= 11 is 0. The lowest BCUT2D eigenvalue weighted by Crippen LogP contribution is -2.55. The van der Waals surface area contributed by atoms with Crippen molar-refractivity contribution in [3.8, 4) is 39.3 Å². The van der Waals surface area contributed by atoms with Gasteiger partial charge < -0.3 is 0 Å². The van der Waals surface area contributed by atoms with Gasteiger partial charge in [-0.1, -0.05) is 120 Å². The van der Waals surface area contributed by atoms with Gasteiger partial charge >= 0.3 is 0 Å². The van der Waals surface area contributed by atoms with Crippen LogP contribution in [0.3, 0.4) is 0 Å². The molecule has 8 aromatic rings. The zero-order valence-electron chi connectivity index (χ0n) is 24.9. The standard InChI is InChI=1S/C39H21B5N2/c40-33-32(34(41)36(43)37(44)35(33)42)24-14-10-13-23(21-24)31-25-15-4-6-17-27(25)38(28-18-7-5-16-26(28)31)46-30-20-9-8-19-29(30)45-39(46)22-11-2-1-3-12-22/h1-21H. The number of aromatic nitrogens is 2. The molecule has 0 aliphatic carbocycles. The largest absolute Gasteiger partial charge is 0.291 e. The molecule has 0 saturated carbocycles. The maximum atomic E-state index is 6.49. The molecule has 8 rings (SSSR count). The van der Waals surface area contributed by atoms with Gasteiger partial charge in [0.15, 0.2) is 0 Å². The molecule has 0 fully saturated rings. The van der Waals surface area contributed by atoms with E-state index < -0.39 is 0 Å². The van der Waals surface area contributed by atoms with Gasteiger partial charge in [-0.25, -0.2) is 4.98 Å². The lowest BCUT2D eigenvalue weighted by molar-refractivity contribution is 1.13. The van der Waals surface area contributed by atoms with E-state index in [2.05, 4.69) is 95.6 Å². The zero-order valence-corrected chi connectivity index (χ0v) is 24.9. The van der Waals surface area contributed by atoms with E-state index in [9.17, 15) is 0 Å². The van der Waals surface area contributed by atoms with Gasteiger partial charge in [0.05, 0.1) is 16.7 Å². The topological polar surface area (TPSA) is 17.8 Å². The van der Waals surface area contributed by atoms with E-state index in [4.69, 9.17) is 44.2 Å². The molecular weight excluding hydrogens is 551 g/mol. The van der Waals surface area contributed by atoms with Gasteiger partial charge in [-0.2, -0.15) is 0 Å². The van der Waals surface area contributed by atoms with Crippen molar-refractivity contribution >= 4 is 99.1 Å². The molecule has 10 radical (unpaired) electrons. The van der Waals surface area contributed by atoms with Crippen LogP contribution in [0.2, 0.25) is 0 Å². The second-order valence-corrected chi connectivity index (χ2v) is 11.5. The van der Waals surface area contributed by atoms with Crippen molar-refractivity contribution in [2.75, 3.05) is 0 Å². The van der Waals surface area contributed by atoms with Gasteiger partial charge in [0.1, 0.15) is 45.1 Å². The summed E-state index contributed by atoms with van der Waals surface area (Å²) in [5.41, 5.74) is 8.85. The van der Waals surface area contributed by atoms with Gasteiger partial charge in [-0.3, -0.25) is 4.57 Å². The van der Waals surface area contributed by atoms with Gasteiger partial charge in [0, 0.05) is 16.3 Å². The predicted octanol–water partition coefficient (Wildman–Crippen LogP) is 4.30. The molecule has 0 aliphatic rings. The van der Waals surface area contributed by atoms with Crippen LogP contribution in [0.4, 0.5) is 0 Å². The second kappa shape index (κ2) is 11.0. The van der Waals surface area contributed by atoms with Crippen molar-refractivity contribution in [1.82, 2.24) is 9.55 Å². The molecule has 0 bridgehead atoms. The quantitative estimate of drug-likeness (QED) is 0.228. The number of para-hydroxylation sites is 2. The highest BCUT2D eigenvalue weighted by atomic mass is 15.1. The Morgan fingerprint density at radius 2 is 0.891 bits per heavy atom. The van der Waals surface area contributed by atoms with Crippen molar-refractivity contribution < 1.29 is 0 Å². The summed E-state index contributed by atoms with van der Waals surface area (Å²) < 4.78 is 2.30. The Kier molecular flexibility index (Phi) is 6.80. The number of rotatable bonds is 4. The molecule has 1 aromatic heterocycles. The first-order valence-electron chi connectivity index (χ1n) is 15.0. The van der Waals surface area contributed by atoms with Crippen molar-refractivity contribution in [2.24, 2.45) is 0 Å². The summed E-state index contributed by atoms with van der Waals surface area (Å²) in [6, 6.07) is 43.8. The molecule has 0 unspecified atom stereocenters. The van der Waals surface area contributed by atoms with Crippen molar-refractivity contribution in [3.05, 3.63) is 127 Å². The van der Waals surface area contributed by atoms with E-state index in [0.717, 1.165) is 66.3 Å². The molecular formula is C39H21B5N2. The van der Waals surface area contributed by atoms with Crippen LogP contribution in [0.5, 0.6) is 0 Å². The first-order chi connectivity index (χ1) is 22.4. The third kappa shape index (κ3) is 4.30. The minimum Gasteiger partial charge on any atom is -0.291 e. The molecule has 0 saturated heterocycles. The lowest BCUT2D eigenvalue weighted by Gasteiger charge is -2.22. The lowest BCUT2D eigenvalue weighted by atomic mass is 9.59. The summed E-state index contributed by atoms with van der Waals surface area (Å²) in [6.45, 7) is 0. The van der Waals surface area contributed by atoms with Crippen LogP contribution < -0.4 is 27.3 Å². The van der Waals surface area contributed by atoms with Crippen molar-refractivity contribution in [2.45, 2.75) is 0 Å². The van der Waals surface area contributed by atoms with E-state index >= 15 is 0 Å². The molecule has 0 amide bonds. The van der Waals surface area contributed by atoms with Crippen LogP contribution >= 0.6 is 0 Å². The number of nitrogens with zero attached hydrogens (tertiary/aromatic N) is 2. The van der Waals surface area contributed by atoms with Gasteiger partial charge in [0.2, 0.25) is 0 Å². The Labute approximate surface area is 274 Å². The summed E-state index contributed by atoms with van der Waals surface area (Å²) in [4.78, 5) is 5.15. The Hall–Kier alpha value is -5.15. The number of hydrogen-bond donors (Lipinski definition) is 0. The highest BCUT2D eigenvalue weighted by molar-refractivity contribution is 6.68. The fraction of sp³-hybridized carbons (Fsp3) is 0. The van der Waals surface area contributed by atoms with Crippen LogP contribution in [0, 0.1) is 0 Å². The zero-order chi connectivity index (χ0) is 31.5. The minimum absolute atomic E-state index is 0.198. The number of fused-ring (bicyclic) bond motifs is 3. The normalized spacial score (nSPS) is 11.5. The third-order valence-electron chi connectivity index (χ3n) is 8.86. The van der Waals surface area contributed by atoms with Gasteiger partial charge in [-0.15, -0.1) is 16.4 Å². The van der Waals surface area contributed by atoms with Crippen LogP contribution in [0.15, 0.2) is 127 Å².